The van der Waals surface area contributed by atoms with E-state index in [0.717, 1.165) is 42.8 Å². The number of nitrogens with one attached hydrogen (secondary N) is 1. The Kier molecular flexibility index (Phi) is 5.41. The van der Waals surface area contributed by atoms with Crippen LogP contribution in [0.2, 0.25) is 0 Å². The molecule has 4 nitrogen and oxygen atoms in total. The Labute approximate surface area is 140 Å². The molecular formula is C15H22BrClN2O2. The van der Waals surface area contributed by atoms with Crippen LogP contribution in [0, 0.1) is 5.41 Å². The van der Waals surface area contributed by atoms with Crippen molar-refractivity contribution < 1.29 is 9.84 Å². The SMILES string of the molecule is COc1cc(Br)c(CN2CCC3(CCNC3)C2)cc1O.Cl. The average molecular weight is 378 g/mol. The number of hydrogen-bond donors (Lipinski definition) is 2. The molecule has 0 saturated carbocycles. The van der Waals surface area contributed by atoms with Crippen molar-refractivity contribution in [2.75, 3.05) is 33.3 Å². The number of methoxy groups -OCH3 is 1. The van der Waals surface area contributed by atoms with E-state index in [-0.39, 0.29) is 18.2 Å². The Hall–Kier alpha value is -0.490. The van der Waals surface area contributed by atoms with E-state index in [1.807, 2.05) is 6.07 Å². The average Bonchev–Trinajstić information content (AvgIpc) is 3.04. The van der Waals surface area contributed by atoms with Crippen molar-refractivity contribution >= 4 is 28.3 Å². The predicted octanol–water partition coefficient (Wildman–Crippen LogP) is 2.77. The van der Waals surface area contributed by atoms with Gasteiger partial charge in [0.05, 0.1) is 7.11 Å². The number of halogens is 2. The van der Waals surface area contributed by atoms with Gasteiger partial charge in [-0.25, -0.2) is 0 Å². The Morgan fingerprint density at radius 2 is 2.24 bits per heavy atom. The highest BCUT2D eigenvalue weighted by atomic mass is 79.9. The first kappa shape index (κ1) is 16.9. The third kappa shape index (κ3) is 3.47. The molecular weight excluding hydrogens is 356 g/mol. The minimum Gasteiger partial charge on any atom is -0.504 e. The molecule has 2 N–H and O–H groups in total. The fourth-order valence-corrected chi connectivity index (χ4v) is 3.87. The molecule has 2 aliphatic rings. The molecule has 21 heavy (non-hydrogen) atoms. The van der Waals surface area contributed by atoms with E-state index in [9.17, 15) is 5.11 Å². The zero-order chi connectivity index (χ0) is 14.2. The number of phenolic OH excluding ortho intramolecular Hbond substituents is 1. The molecule has 1 atom stereocenters. The first-order valence-corrected chi connectivity index (χ1v) is 7.90. The second kappa shape index (κ2) is 6.73. The molecule has 0 amide bonds. The minimum atomic E-state index is 0. The van der Waals surface area contributed by atoms with Crippen molar-refractivity contribution in [1.82, 2.24) is 10.2 Å². The summed E-state index contributed by atoms with van der Waals surface area (Å²) < 4.78 is 6.12. The Balaban J connectivity index is 0.00000161. The standard InChI is InChI=1S/C15H21BrN2O2.ClH/c1-20-14-7-12(16)11(6-13(14)19)8-18-5-3-15(10-18)2-4-17-9-15;/h6-7,17,19H,2-5,8-10H2,1H3;1H. The van der Waals surface area contributed by atoms with Crippen LogP contribution in [-0.4, -0.2) is 43.3 Å². The lowest BCUT2D eigenvalue weighted by Crippen LogP contribution is -2.29. The summed E-state index contributed by atoms with van der Waals surface area (Å²) in [6.45, 7) is 5.47. The summed E-state index contributed by atoms with van der Waals surface area (Å²) in [4.78, 5) is 2.49. The predicted molar refractivity (Wildman–Crippen MR) is 89.4 cm³/mol. The van der Waals surface area contributed by atoms with Crippen molar-refractivity contribution in [2.24, 2.45) is 5.41 Å². The first-order chi connectivity index (χ1) is 9.62. The van der Waals surface area contributed by atoms with Gasteiger partial charge in [-0.15, -0.1) is 12.4 Å². The molecule has 1 spiro atoms. The Morgan fingerprint density at radius 1 is 1.43 bits per heavy atom. The maximum atomic E-state index is 9.92. The van der Waals surface area contributed by atoms with Gasteiger partial charge in [-0.3, -0.25) is 4.90 Å². The van der Waals surface area contributed by atoms with Crippen LogP contribution in [-0.2, 0) is 6.54 Å². The van der Waals surface area contributed by atoms with Gasteiger partial charge < -0.3 is 15.2 Å². The summed E-state index contributed by atoms with van der Waals surface area (Å²) in [6, 6.07) is 3.65. The number of phenols is 1. The van der Waals surface area contributed by atoms with Crippen LogP contribution in [0.4, 0.5) is 0 Å². The molecule has 0 aliphatic carbocycles. The van der Waals surface area contributed by atoms with Crippen LogP contribution >= 0.6 is 28.3 Å². The minimum absolute atomic E-state index is 0. The summed E-state index contributed by atoms with van der Waals surface area (Å²) in [5, 5.41) is 13.4. The summed E-state index contributed by atoms with van der Waals surface area (Å²) in [5.74, 6) is 0.723. The summed E-state index contributed by atoms with van der Waals surface area (Å²) in [7, 11) is 1.57. The fourth-order valence-electron chi connectivity index (χ4n) is 3.42. The molecule has 1 aromatic carbocycles. The molecule has 0 bridgehead atoms. The van der Waals surface area contributed by atoms with E-state index in [0.29, 0.717) is 11.2 Å². The third-order valence-corrected chi connectivity index (χ3v) is 5.33. The smallest absolute Gasteiger partial charge is 0.161 e. The van der Waals surface area contributed by atoms with Crippen LogP contribution in [0.3, 0.4) is 0 Å². The summed E-state index contributed by atoms with van der Waals surface area (Å²) >= 11 is 3.57. The molecule has 2 saturated heterocycles. The van der Waals surface area contributed by atoms with E-state index < -0.39 is 0 Å². The van der Waals surface area contributed by atoms with Crippen LogP contribution in [0.5, 0.6) is 11.5 Å². The fraction of sp³-hybridized carbons (Fsp3) is 0.600. The second-order valence-corrected chi connectivity index (χ2v) is 6.86. The zero-order valence-electron chi connectivity index (χ0n) is 12.2. The molecule has 6 heteroatoms. The van der Waals surface area contributed by atoms with E-state index in [2.05, 4.69) is 26.1 Å². The van der Waals surface area contributed by atoms with Gasteiger partial charge >= 0.3 is 0 Å². The quantitative estimate of drug-likeness (QED) is 0.850. The van der Waals surface area contributed by atoms with E-state index in [4.69, 9.17) is 4.74 Å². The highest BCUT2D eigenvalue weighted by Crippen LogP contribution is 2.38. The van der Waals surface area contributed by atoms with Crippen molar-refractivity contribution in [3.8, 4) is 11.5 Å². The highest BCUT2D eigenvalue weighted by Gasteiger charge is 2.40. The van der Waals surface area contributed by atoms with Gasteiger partial charge in [0, 0.05) is 24.1 Å². The number of benzene rings is 1. The van der Waals surface area contributed by atoms with Crippen LogP contribution < -0.4 is 10.1 Å². The second-order valence-electron chi connectivity index (χ2n) is 6.00. The van der Waals surface area contributed by atoms with Crippen LogP contribution in [0.1, 0.15) is 18.4 Å². The molecule has 1 unspecified atom stereocenters. The van der Waals surface area contributed by atoms with Gasteiger partial charge in [-0.2, -0.15) is 0 Å². The van der Waals surface area contributed by atoms with Crippen LogP contribution in [0.25, 0.3) is 0 Å². The van der Waals surface area contributed by atoms with Gasteiger partial charge in [-0.1, -0.05) is 15.9 Å². The normalized spacial score (nSPS) is 25.2. The molecule has 3 rings (SSSR count). The van der Waals surface area contributed by atoms with Crippen molar-refractivity contribution in [2.45, 2.75) is 19.4 Å². The zero-order valence-corrected chi connectivity index (χ0v) is 14.6. The largest absolute Gasteiger partial charge is 0.504 e. The summed E-state index contributed by atoms with van der Waals surface area (Å²) in [6.07, 6.45) is 2.57. The number of aromatic hydroxyl groups is 1. The third-order valence-electron chi connectivity index (χ3n) is 4.59. The molecule has 1 aromatic rings. The van der Waals surface area contributed by atoms with Crippen LogP contribution in [0.15, 0.2) is 16.6 Å². The maximum absolute atomic E-state index is 9.92. The number of hydrogen-bond acceptors (Lipinski definition) is 4. The van der Waals surface area contributed by atoms with Gasteiger partial charge in [0.2, 0.25) is 0 Å². The molecule has 0 aromatic heterocycles. The van der Waals surface area contributed by atoms with E-state index in [1.165, 1.54) is 12.8 Å². The Bertz CT molecular complexity index is 507. The van der Waals surface area contributed by atoms with Gasteiger partial charge in [-0.05, 0) is 49.0 Å². The molecule has 2 aliphatic heterocycles. The lowest BCUT2D eigenvalue weighted by atomic mass is 9.86. The van der Waals surface area contributed by atoms with Gasteiger partial charge in [0.1, 0.15) is 0 Å². The van der Waals surface area contributed by atoms with Crippen molar-refractivity contribution in [1.29, 1.82) is 0 Å². The molecule has 2 heterocycles. The number of rotatable bonds is 3. The van der Waals surface area contributed by atoms with Crippen molar-refractivity contribution in [3.63, 3.8) is 0 Å². The highest BCUT2D eigenvalue weighted by molar-refractivity contribution is 9.10. The maximum Gasteiger partial charge on any atom is 0.161 e. The van der Waals surface area contributed by atoms with Gasteiger partial charge in [0.25, 0.3) is 0 Å². The lowest BCUT2D eigenvalue weighted by molar-refractivity contribution is 0.268. The Morgan fingerprint density at radius 3 is 2.90 bits per heavy atom. The molecule has 0 radical (unpaired) electrons. The summed E-state index contributed by atoms with van der Waals surface area (Å²) in [5.41, 5.74) is 1.60. The number of ether oxygens (including phenoxy) is 1. The number of nitrogens with zero attached hydrogens (tertiary/aromatic N) is 1. The topological polar surface area (TPSA) is 44.7 Å². The number of likely N-dealkylation sites (tertiary alicyclic amines) is 1. The van der Waals surface area contributed by atoms with E-state index in [1.54, 1.807) is 13.2 Å². The lowest BCUT2D eigenvalue weighted by Gasteiger charge is -2.23. The van der Waals surface area contributed by atoms with Gasteiger partial charge in [0.15, 0.2) is 11.5 Å². The van der Waals surface area contributed by atoms with Crippen molar-refractivity contribution in [3.05, 3.63) is 22.2 Å². The van der Waals surface area contributed by atoms with E-state index >= 15 is 0 Å². The molecule has 118 valence electrons. The first-order valence-electron chi connectivity index (χ1n) is 7.10. The monoisotopic (exact) mass is 376 g/mol. The molecule has 2 fully saturated rings.